The molecule has 0 spiro atoms. The van der Waals surface area contributed by atoms with E-state index in [1.165, 1.54) is 13.1 Å². The SMILES string of the molecule is CC(C)C1C2CN(I)CC21. The van der Waals surface area contributed by atoms with Gasteiger partial charge in [0.1, 0.15) is 0 Å². The van der Waals surface area contributed by atoms with Crippen LogP contribution < -0.4 is 0 Å². The monoisotopic (exact) mass is 251 g/mol. The van der Waals surface area contributed by atoms with Crippen LogP contribution in [0.2, 0.25) is 0 Å². The Kier molecular flexibility index (Phi) is 1.72. The molecule has 10 heavy (non-hydrogen) atoms. The summed E-state index contributed by atoms with van der Waals surface area (Å²) in [7, 11) is 0. The van der Waals surface area contributed by atoms with Crippen LogP contribution in [0.1, 0.15) is 13.8 Å². The number of hydrogen-bond acceptors (Lipinski definition) is 1. The lowest BCUT2D eigenvalue weighted by atomic mass is 10.1. The third kappa shape index (κ3) is 0.998. The van der Waals surface area contributed by atoms with Crippen LogP contribution in [0.15, 0.2) is 0 Å². The Balaban J connectivity index is 1.92. The number of fused-ring (bicyclic) bond motifs is 1. The second-order valence-electron chi connectivity index (χ2n) is 3.98. The summed E-state index contributed by atoms with van der Waals surface area (Å²) >= 11 is 2.44. The number of hydrogen-bond donors (Lipinski definition) is 0. The first kappa shape index (κ1) is 7.35. The molecule has 2 aliphatic rings. The van der Waals surface area contributed by atoms with Gasteiger partial charge in [-0.15, -0.1) is 0 Å². The molecule has 0 amide bonds. The molecule has 1 saturated heterocycles. The van der Waals surface area contributed by atoms with Gasteiger partial charge >= 0.3 is 0 Å². The number of nitrogens with zero attached hydrogens (tertiary/aromatic N) is 1. The molecule has 2 unspecified atom stereocenters. The van der Waals surface area contributed by atoms with E-state index in [4.69, 9.17) is 0 Å². The lowest BCUT2D eigenvalue weighted by molar-refractivity contribution is 0.415. The van der Waals surface area contributed by atoms with Crippen LogP contribution in [0.25, 0.3) is 0 Å². The van der Waals surface area contributed by atoms with Crippen LogP contribution in [-0.2, 0) is 0 Å². The van der Waals surface area contributed by atoms with Crippen LogP contribution in [0, 0.1) is 23.7 Å². The Hall–Kier alpha value is 0.690. The zero-order valence-corrected chi connectivity index (χ0v) is 8.71. The zero-order chi connectivity index (χ0) is 7.30. The molecule has 2 heteroatoms. The minimum absolute atomic E-state index is 0.931. The van der Waals surface area contributed by atoms with Gasteiger partial charge in [0.25, 0.3) is 0 Å². The lowest BCUT2D eigenvalue weighted by Gasteiger charge is -2.12. The molecule has 2 fully saturated rings. The number of piperidine rings is 1. The third-order valence-corrected chi connectivity index (χ3v) is 3.77. The largest absolute Gasteiger partial charge is 0.247 e. The Morgan fingerprint density at radius 1 is 1.30 bits per heavy atom. The fourth-order valence-corrected chi connectivity index (χ4v) is 3.42. The van der Waals surface area contributed by atoms with Crippen LogP contribution >= 0.6 is 22.9 Å². The van der Waals surface area contributed by atoms with Gasteiger partial charge in [-0.3, -0.25) is 0 Å². The van der Waals surface area contributed by atoms with Crippen LogP contribution in [0.3, 0.4) is 0 Å². The Bertz CT molecular complexity index is 134. The van der Waals surface area contributed by atoms with Crippen LogP contribution in [0.5, 0.6) is 0 Å². The Morgan fingerprint density at radius 3 is 2.20 bits per heavy atom. The van der Waals surface area contributed by atoms with Gasteiger partial charge in [-0.05, 0) is 23.7 Å². The Morgan fingerprint density at radius 2 is 1.80 bits per heavy atom. The maximum atomic E-state index is 2.44. The first-order valence-corrected chi connectivity index (χ1v) is 5.07. The molecule has 0 N–H and O–H groups in total. The molecule has 2 atom stereocenters. The van der Waals surface area contributed by atoms with Gasteiger partial charge in [0.15, 0.2) is 0 Å². The van der Waals surface area contributed by atoms with E-state index in [0.29, 0.717) is 0 Å². The first-order valence-electron chi connectivity index (χ1n) is 4.11. The normalized spacial score (nSPS) is 46.2. The van der Waals surface area contributed by atoms with Crippen molar-refractivity contribution in [2.45, 2.75) is 13.8 Å². The van der Waals surface area contributed by atoms with Crippen molar-refractivity contribution in [3.8, 4) is 0 Å². The van der Waals surface area contributed by atoms with Crippen molar-refractivity contribution < 1.29 is 0 Å². The highest BCUT2D eigenvalue weighted by Gasteiger charge is 2.55. The molecular formula is C8H14IN. The van der Waals surface area contributed by atoms with Gasteiger partial charge in [-0.2, -0.15) is 0 Å². The molecule has 0 aromatic rings. The maximum Gasteiger partial charge on any atom is 0.0201 e. The molecule has 1 saturated carbocycles. The summed E-state index contributed by atoms with van der Waals surface area (Å²) in [5.41, 5.74) is 0. The fourth-order valence-electron chi connectivity index (χ4n) is 2.51. The fraction of sp³-hybridized carbons (Fsp3) is 1.00. The summed E-state index contributed by atoms with van der Waals surface area (Å²) in [5, 5.41) is 0. The Labute approximate surface area is 76.7 Å². The molecule has 1 aliphatic carbocycles. The van der Waals surface area contributed by atoms with Gasteiger partial charge in [-0.25, -0.2) is 3.11 Å². The van der Waals surface area contributed by atoms with Crippen LogP contribution in [0.4, 0.5) is 0 Å². The van der Waals surface area contributed by atoms with Crippen molar-refractivity contribution in [1.29, 1.82) is 0 Å². The highest BCUT2D eigenvalue weighted by atomic mass is 127. The van der Waals surface area contributed by atoms with Crippen molar-refractivity contribution in [2.24, 2.45) is 23.7 Å². The van der Waals surface area contributed by atoms with Gasteiger partial charge in [-0.1, -0.05) is 13.8 Å². The summed E-state index contributed by atoms with van der Waals surface area (Å²) in [5.74, 6) is 4.14. The van der Waals surface area contributed by atoms with E-state index in [9.17, 15) is 0 Å². The first-order chi connectivity index (χ1) is 4.70. The van der Waals surface area contributed by atoms with Crippen molar-refractivity contribution in [3.05, 3.63) is 0 Å². The molecule has 58 valence electrons. The molecule has 1 nitrogen and oxygen atoms in total. The van der Waals surface area contributed by atoms with E-state index in [1.54, 1.807) is 0 Å². The standard InChI is InChI=1S/C8H14IN/c1-5(2)8-6-3-10(9)4-7(6)8/h5-8H,3-4H2,1-2H3. The van der Waals surface area contributed by atoms with E-state index in [-0.39, 0.29) is 0 Å². The molecule has 0 aromatic heterocycles. The van der Waals surface area contributed by atoms with Gasteiger partial charge in [0.2, 0.25) is 0 Å². The quantitative estimate of drug-likeness (QED) is 0.510. The summed E-state index contributed by atoms with van der Waals surface area (Å²) in [4.78, 5) is 0. The molecule has 1 aliphatic heterocycles. The molecule has 1 heterocycles. The average Bonchev–Trinajstić information content (AvgIpc) is 2.32. The smallest absolute Gasteiger partial charge is 0.0201 e. The molecule has 0 radical (unpaired) electrons. The third-order valence-electron chi connectivity index (χ3n) is 2.99. The van der Waals surface area contributed by atoms with Gasteiger partial charge in [0, 0.05) is 36.0 Å². The number of rotatable bonds is 1. The average molecular weight is 251 g/mol. The van der Waals surface area contributed by atoms with E-state index in [2.05, 4.69) is 39.8 Å². The zero-order valence-electron chi connectivity index (χ0n) is 6.55. The van der Waals surface area contributed by atoms with Crippen LogP contribution in [-0.4, -0.2) is 16.2 Å². The van der Waals surface area contributed by atoms with E-state index in [1.807, 2.05) is 0 Å². The molecule has 2 rings (SSSR count). The highest BCUT2D eigenvalue weighted by molar-refractivity contribution is 14.1. The minimum atomic E-state index is 0.931. The van der Waals surface area contributed by atoms with E-state index < -0.39 is 0 Å². The van der Waals surface area contributed by atoms with Gasteiger partial charge < -0.3 is 0 Å². The van der Waals surface area contributed by atoms with Crippen molar-refractivity contribution in [3.63, 3.8) is 0 Å². The van der Waals surface area contributed by atoms with E-state index >= 15 is 0 Å². The highest BCUT2D eigenvalue weighted by Crippen LogP contribution is 2.55. The number of halogens is 1. The van der Waals surface area contributed by atoms with Gasteiger partial charge in [0.05, 0.1) is 0 Å². The maximum absolute atomic E-state index is 2.44. The van der Waals surface area contributed by atoms with E-state index in [0.717, 1.165) is 23.7 Å². The van der Waals surface area contributed by atoms with Crippen molar-refractivity contribution >= 4 is 22.9 Å². The predicted octanol–water partition coefficient (Wildman–Crippen LogP) is 2.17. The summed E-state index contributed by atoms with van der Waals surface area (Å²) in [6.07, 6.45) is 0. The minimum Gasteiger partial charge on any atom is -0.247 e. The summed E-state index contributed by atoms with van der Waals surface area (Å²) in [6.45, 7) is 7.43. The summed E-state index contributed by atoms with van der Waals surface area (Å²) < 4.78 is 2.44. The molecular weight excluding hydrogens is 237 g/mol. The second kappa shape index (κ2) is 2.34. The lowest BCUT2D eigenvalue weighted by Crippen LogP contribution is -2.14. The topological polar surface area (TPSA) is 3.24 Å². The molecule has 0 bridgehead atoms. The molecule has 0 aromatic carbocycles. The summed E-state index contributed by atoms with van der Waals surface area (Å²) in [6, 6.07) is 0. The predicted molar refractivity (Wildman–Crippen MR) is 50.9 cm³/mol. The van der Waals surface area contributed by atoms with Crippen molar-refractivity contribution in [1.82, 2.24) is 3.11 Å². The van der Waals surface area contributed by atoms with Crippen molar-refractivity contribution in [2.75, 3.05) is 13.1 Å². The second-order valence-corrected chi connectivity index (χ2v) is 5.34.